The number of carboxylic acids is 1. The summed E-state index contributed by atoms with van der Waals surface area (Å²) in [7, 11) is 3.76. The van der Waals surface area contributed by atoms with Crippen LogP contribution in [0.3, 0.4) is 0 Å². The first-order valence-electron chi connectivity index (χ1n) is 8.90. The highest BCUT2D eigenvalue weighted by Crippen LogP contribution is 2.24. The quantitative estimate of drug-likeness (QED) is 0.784. The number of hydrogen-bond acceptors (Lipinski definition) is 7. The van der Waals surface area contributed by atoms with Gasteiger partial charge in [-0.2, -0.15) is 0 Å². The Morgan fingerprint density at radius 2 is 2.07 bits per heavy atom. The number of hydrogen-bond donors (Lipinski definition) is 1. The lowest BCUT2D eigenvalue weighted by atomic mass is 10.2. The minimum Gasteiger partial charge on any atom is -0.480 e. The van der Waals surface area contributed by atoms with Crippen molar-refractivity contribution in [3.05, 3.63) is 42.7 Å². The van der Waals surface area contributed by atoms with Crippen LogP contribution in [0.5, 0.6) is 0 Å². The molecule has 1 saturated heterocycles. The summed E-state index contributed by atoms with van der Waals surface area (Å²) < 4.78 is 5.80. The fraction of sp³-hybridized carbons (Fsp3) is 0.421. The van der Waals surface area contributed by atoms with Gasteiger partial charge in [0.1, 0.15) is 18.0 Å². The van der Waals surface area contributed by atoms with Gasteiger partial charge in [0, 0.05) is 38.4 Å². The third-order valence-corrected chi connectivity index (χ3v) is 4.51. The first kappa shape index (κ1) is 19.1. The highest BCUT2D eigenvalue weighted by Gasteiger charge is 2.24. The van der Waals surface area contributed by atoms with Crippen molar-refractivity contribution in [2.24, 2.45) is 0 Å². The first-order chi connectivity index (χ1) is 13.0. The van der Waals surface area contributed by atoms with Crippen molar-refractivity contribution in [1.29, 1.82) is 0 Å². The van der Waals surface area contributed by atoms with Crippen LogP contribution in [0, 0.1) is 0 Å². The van der Waals surface area contributed by atoms with E-state index in [1.165, 1.54) is 0 Å². The largest absolute Gasteiger partial charge is 0.480 e. The van der Waals surface area contributed by atoms with Gasteiger partial charge in [-0.25, -0.2) is 9.97 Å². The Bertz CT molecular complexity index is 758. The van der Waals surface area contributed by atoms with Gasteiger partial charge in [0.2, 0.25) is 0 Å². The lowest BCUT2D eigenvalue weighted by Gasteiger charge is -2.35. The smallest absolute Gasteiger partial charge is 0.317 e. The molecule has 0 amide bonds. The predicted molar refractivity (Wildman–Crippen MR) is 104 cm³/mol. The highest BCUT2D eigenvalue weighted by atomic mass is 16.5. The van der Waals surface area contributed by atoms with Crippen LogP contribution in [0.1, 0.15) is 0 Å². The number of benzene rings is 1. The number of para-hydroxylation sites is 1. The topological polar surface area (TPSA) is 82.0 Å². The molecule has 2 heterocycles. The molecule has 8 heteroatoms. The molecule has 1 unspecified atom stereocenters. The monoisotopic (exact) mass is 371 g/mol. The summed E-state index contributed by atoms with van der Waals surface area (Å²) in [5, 5.41) is 8.91. The third-order valence-electron chi connectivity index (χ3n) is 4.51. The van der Waals surface area contributed by atoms with E-state index in [1.54, 1.807) is 18.3 Å². The van der Waals surface area contributed by atoms with Crippen LogP contribution in [0.15, 0.2) is 42.7 Å². The number of rotatable bonds is 7. The van der Waals surface area contributed by atoms with E-state index in [1.807, 2.05) is 48.3 Å². The van der Waals surface area contributed by atoms with E-state index in [4.69, 9.17) is 9.84 Å². The molecule has 0 aliphatic carbocycles. The summed E-state index contributed by atoms with van der Waals surface area (Å²) in [6.45, 7) is 2.55. The van der Waals surface area contributed by atoms with Gasteiger partial charge >= 0.3 is 5.97 Å². The maximum atomic E-state index is 10.8. The van der Waals surface area contributed by atoms with Crippen LogP contribution in [-0.2, 0) is 9.53 Å². The molecule has 27 heavy (non-hydrogen) atoms. The normalized spacial score (nSPS) is 17.1. The van der Waals surface area contributed by atoms with Crippen molar-refractivity contribution >= 4 is 23.3 Å². The molecule has 1 aromatic carbocycles. The van der Waals surface area contributed by atoms with Crippen molar-refractivity contribution in [2.45, 2.75) is 6.10 Å². The Labute approximate surface area is 159 Å². The lowest BCUT2D eigenvalue weighted by Crippen LogP contribution is -2.48. The van der Waals surface area contributed by atoms with E-state index >= 15 is 0 Å². The van der Waals surface area contributed by atoms with Gasteiger partial charge in [-0.15, -0.1) is 0 Å². The van der Waals surface area contributed by atoms with Gasteiger partial charge in [-0.05, 0) is 19.2 Å². The van der Waals surface area contributed by atoms with Crippen molar-refractivity contribution in [1.82, 2.24) is 14.9 Å². The molecule has 2 aromatic rings. The van der Waals surface area contributed by atoms with E-state index < -0.39 is 5.97 Å². The molecule has 1 aromatic heterocycles. The average molecular weight is 371 g/mol. The summed E-state index contributed by atoms with van der Waals surface area (Å²) in [6.07, 6.45) is 1.51. The maximum Gasteiger partial charge on any atom is 0.317 e. The molecule has 0 bridgehead atoms. The van der Waals surface area contributed by atoms with Crippen molar-refractivity contribution in [3.63, 3.8) is 0 Å². The molecule has 0 radical (unpaired) electrons. The number of carbonyl (C=O) groups is 1. The number of carboxylic acid groups (broad SMARTS) is 1. The molecule has 1 atom stereocenters. The summed E-state index contributed by atoms with van der Waals surface area (Å²) >= 11 is 0. The molecule has 1 aliphatic heterocycles. The summed E-state index contributed by atoms with van der Waals surface area (Å²) in [5.41, 5.74) is 1.05. The van der Waals surface area contributed by atoms with Gasteiger partial charge in [0.25, 0.3) is 0 Å². The van der Waals surface area contributed by atoms with Crippen molar-refractivity contribution < 1.29 is 14.6 Å². The van der Waals surface area contributed by atoms with Crippen LogP contribution in [0.4, 0.5) is 17.3 Å². The van der Waals surface area contributed by atoms with Gasteiger partial charge in [0.05, 0.1) is 19.3 Å². The molecule has 3 rings (SSSR count). The standard InChI is InChI=1S/C19H25N5O3/c1-22(13-19(25)26)11-16-12-24(8-9-27-16)18-10-17(20-14-21-18)23(2)15-6-4-3-5-7-15/h3-7,10,14,16H,8-9,11-13H2,1-2H3,(H,25,26). The zero-order valence-corrected chi connectivity index (χ0v) is 15.7. The number of likely N-dealkylation sites (N-methyl/N-ethyl adjacent to an activating group) is 1. The molecule has 1 fully saturated rings. The fourth-order valence-electron chi connectivity index (χ4n) is 3.16. The Morgan fingerprint density at radius 3 is 2.81 bits per heavy atom. The summed E-state index contributed by atoms with van der Waals surface area (Å²) in [6, 6.07) is 12.0. The second-order valence-corrected chi connectivity index (χ2v) is 6.66. The first-order valence-corrected chi connectivity index (χ1v) is 8.90. The summed E-state index contributed by atoms with van der Waals surface area (Å²) in [4.78, 5) is 25.6. The third kappa shape index (κ3) is 5.15. The van der Waals surface area contributed by atoms with E-state index in [0.717, 1.165) is 23.9 Å². The molecule has 8 nitrogen and oxygen atoms in total. The Morgan fingerprint density at radius 1 is 1.30 bits per heavy atom. The van der Waals surface area contributed by atoms with Gasteiger partial charge in [-0.3, -0.25) is 9.69 Å². The van der Waals surface area contributed by atoms with Crippen LogP contribution < -0.4 is 9.80 Å². The predicted octanol–water partition coefficient (Wildman–Crippen LogP) is 1.47. The van der Waals surface area contributed by atoms with Crippen LogP contribution in [0.2, 0.25) is 0 Å². The number of ether oxygens (including phenoxy) is 1. The molecule has 1 aliphatic rings. The van der Waals surface area contributed by atoms with Gasteiger partial charge < -0.3 is 19.6 Å². The SMILES string of the molecule is CN(CC(=O)O)CC1CN(c2cc(N(C)c3ccccc3)ncn2)CCO1. The molecule has 144 valence electrons. The second-order valence-electron chi connectivity index (χ2n) is 6.66. The minimum absolute atomic E-state index is 0.000610. The minimum atomic E-state index is -0.838. The zero-order valence-electron chi connectivity index (χ0n) is 15.7. The van der Waals surface area contributed by atoms with Gasteiger partial charge in [0.15, 0.2) is 0 Å². The average Bonchev–Trinajstić information content (AvgIpc) is 2.68. The summed E-state index contributed by atoms with van der Waals surface area (Å²) in [5.74, 6) is 0.823. The number of anilines is 3. The lowest BCUT2D eigenvalue weighted by molar-refractivity contribution is -0.138. The highest BCUT2D eigenvalue weighted by molar-refractivity contribution is 5.69. The zero-order chi connectivity index (χ0) is 19.2. The Kier molecular flexibility index (Phi) is 6.20. The van der Waals surface area contributed by atoms with Crippen molar-refractivity contribution in [2.75, 3.05) is 56.7 Å². The molecular weight excluding hydrogens is 346 g/mol. The van der Waals surface area contributed by atoms with Crippen LogP contribution in [0.25, 0.3) is 0 Å². The molecule has 1 N–H and O–H groups in total. The Hall–Kier alpha value is -2.71. The molecule has 0 saturated carbocycles. The second kappa shape index (κ2) is 8.79. The number of morpholine rings is 1. The fourth-order valence-corrected chi connectivity index (χ4v) is 3.16. The van der Waals surface area contributed by atoms with E-state index in [0.29, 0.717) is 19.7 Å². The maximum absolute atomic E-state index is 10.8. The molecule has 0 spiro atoms. The number of aliphatic carboxylic acids is 1. The Balaban J connectivity index is 1.68. The van der Waals surface area contributed by atoms with E-state index in [2.05, 4.69) is 14.9 Å². The van der Waals surface area contributed by atoms with Gasteiger partial charge in [-0.1, -0.05) is 18.2 Å². The van der Waals surface area contributed by atoms with E-state index in [-0.39, 0.29) is 12.6 Å². The van der Waals surface area contributed by atoms with Crippen LogP contribution >= 0.6 is 0 Å². The number of nitrogens with zero attached hydrogens (tertiary/aromatic N) is 5. The molecular formula is C19H25N5O3. The van der Waals surface area contributed by atoms with Crippen LogP contribution in [-0.4, -0.2) is 78.9 Å². The van der Waals surface area contributed by atoms with Crippen molar-refractivity contribution in [3.8, 4) is 0 Å². The number of aromatic nitrogens is 2. The van der Waals surface area contributed by atoms with E-state index in [9.17, 15) is 4.79 Å².